The Morgan fingerprint density at radius 2 is 1.57 bits per heavy atom. The number of aliphatic hydroxyl groups is 3. The van der Waals surface area contributed by atoms with Gasteiger partial charge in [-0.2, -0.15) is 0 Å². The normalized spacial score (nSPS) is 30.2. The van der Waals surface area contributed by atoms with Gasteiger partial charge in [-0.25, -0.2) is 9.13 Å². The van der Waals surface area contributed by atoms with Gasteiger partial charge in [-0.15, -0.1) is 11.8 Å². The molecule has 0 aromatic rings. The number of thioether (sulfide) groups is 1. The van der Waals surface area contributed by atoms with Crippen LogP contribution in [-0.4, -0.2) is 168 Å². The van der Waals surface area contributed by atoms with E-state index in [1.165, 1.54) is 30.9 Å². The Hall–Kier alpha value is -1.10. The van der Waals surface area contributed by atoms with Crippen molar-refractivity contribution in [1.29, 1.82) is 0 Å². The van der Waals surface area contributed by atoms with Crippen LogP contribution in [-0.2, 0) is 60.6 Å². The maximum Gasteiger partial charge on any atom is 0.472 e. The number of aliphatic hydroxyl groups excluding tert-OH is 3. The molecule has 20 nitrogen and oxygen atoms in total. The van der Waals surface area contributed by atoms with E-state index < -0.39 is 75.6 Å². The van der Waals surface area contributed by atoms with Crippen LogP contribution in [0.25, 0.3) is 0 Å². The number of nitrogens with one attached hydrogen (secondary N) is 1. The van der Waals surface area contributed by atoms with Crippen molar-refractivity contribution < 1.29 is 85.7 Å². The number of methoxy groups -OCH3 is 2. The number of unbranched alkanes of at least 4 members (excludes halogenated alkanes) is 4. The van der Waals surface area contributed by atoms with Crippen molar-refractivity contribution in [3.63, 3.8) is 0 Å². The summed E-state index contributed by atoms with van der Waals surface area (Å²) in [6.07, 6.45) is -1.42. The minimum absolute atomic E-state index is 0.0131. The number of likely N-dealkylation sites (tertiary alicyclic amines) is 1. The van der Waals surface area contributed by atoms with Gasteiger partial charge in [0.15, 0.2) is 0 Å². The SMILES string of the molecule is COC[C@H]1O[C@@H](C)[C@@H](O)C1OP(=O)(O)OCC(CO)CCCCNC(=O)CCCN1C(=O)CC(SCCCCCCOP(=O)(O)OC[C@H]2O[C@@H](C)C(O)[C@H]2OC)C1=O. The second-order valence-corrected chi connectivity index (χ2v) is 18.9. The lowest BCUT2D eigenvalue weighted by Crippen LogP contribution is -2.36. The molecule has 0 aromatic carbocycles. The van der Waals surface area contributed by atoms with Crippen LogP contribution in [0.15, 0.2) is 0 Å². The molecule has 0 saturated carbocycles. The molecule has 0 aromatic heterocycles. The van der Waals surface area contributed by atoms with Crippen molar-refractivity contribution in [1.82, 2.24) is 10.2 Å². The molecule has 6 N–H and O–H groups in total. The van der Waals surface area contributed by atoms with Gasteiger partial charge in [-0.3, -0.25) is 37.4 Å². The van der Waals surface area contributed by atoms with E-state index in [0.29, 0.717) is 44.4 Å². The molecule has 58 heavy (non-hydrogen) atoms. The fraction of sp³-hybridized carbons (Fsp3) is 0.914. The number of hydrogen-bond donors (Lipinski definition) is 6. The molecule has 0 bridgehead atoms. The van der Waals surface area contributed by atoms with Gasteiger partial charge in [0, 0.05) is 52.7 Å². The molecule has 0 spiro atoms. The van der Waals surface area contributed by atoms with E-state index in [9.17, 15) is 48.6 Å². The third-order valence-electron chi connectivity index (χ3n) is 10.1. The van der Waals surface area contributed by atoms with Crippen LogP contribution < -0.4 is 5.32 Å². The first-order chi connectivity index (χ1) is 27.5. The van der Waals surface area contributed by atoms with Crippen LogP contribution in [0.4, 0.5) is 0 Å². The zero-order valence-corrected chi connectivity index (χ0v) is 36.4. The second kappa shape index (κ2) is 25.7. The Bertz CT molecular complexity index is 1370. The summed E-state index contributed by atoms with van der Waals surface area (Å²) in [5, 5.41) is 32.4. The van der Waals surface area contributed by atoms with Gasteiger partial charge < -0.3 is 49.4 Å². The maximum absolute atomic E-state index is 12.9. The van der Waals surface area contributed by atoms with Crippen molar-refractivity contribution in [2.24, 2.45) is 5.92 Å². The van der Waals surface area contributed by atoms with Crippen LogP contribution in [0.1, 0.15) is 78.1 Å². The molecular formula is C35H64N2O18P2S. The predicted octanol–water partition coefficient (Wildman–Crippen LogP) is 1.68. The maximum atomic E-state index is 12.9. The number of imide groups is 1. The number of ether oxygens (including phenoxy) is 4. The highest BCUT2D eigenvalue weighted by Gasteiger charge is 2.46. The van der Waals surface area contributed by atoms with E-state index in [2.05, 4.69) is 5.32 Å². The van der Waals surface area contributed by atoms with Gasteiger partial charge in [0.2, 0.25) is 17.7 Å². The van der Waals surface area contributed by atoms with Crippen molar-refractivity contribution >= 4 is 45.1 Å². The quantitative estimate of drug-likeness (QED) is 0.0340. The van der Waals surface area contributed by atoms with E-state index in [4.69, 9.17) is 37.0 Å². The fourth-order valence-corrected chi connectivity index (χ4v) is 9.75. The first-order valence-electron chi connectivity index (χ1n) is 19.8. The average Bonchev–Trinajstić information content (AvgIpc) is 3.72. The Balaban J connectivity index is 1.19. The van der Waals surface area contributed by atoms with Crippen LogP contribution in [0.2, 0.25) is 0 Å². The van der Waals surface area contributed by atoms with Gasteiger partial charge in [0.1, 0.15) is 36.6 Å². The summed E-state index contributed by atoms with van der Waals surface area (Å²) in [6, 6.07) is 0. The molecule has 0 radical (unpaired) electrons. The van der Waals surface area contributed by atoms with E-state index in [-0.39, 0.29) is 70.1 Å². The molecule has 3 aliphatic rings. The highest BCUT2D eigenvalue weighted by Crippen LogP contribution is 2.48. The number of hydrogen-bond acceptors (Lipinski definition) is 17. The van der Waals surface area contributed by atoms with Crippen molar-refractivity contribution in [2.75, 3.05) is 66.1 Å². The summed E-state index contributed by atoms with van der Waals surface area (Å²) in [5.41, 5.74) is 0. The summed E-state index contributed by atoms with van der Waals surface area (Å²) in [6.45, 7) is 3.02. The van der Waals surface area contributed by atoms with Gasteiger partial charge in [0.25, 0.3) is 0 Å². The van der Waals surface area contributed by atoms with Crippen LogP contribution in [0, 0.1) is 5.92 Å². The molecule has 3 amide bonds. The monoisotopic (exact) mass is 894 g/mol. The van der Waals surface area contributed by atoms with E-state index >= 15 is 0 Å². The molecule has 0 aliphatic carbocycles. The summed E-state index contributed by atoms with van der Waals surface area (Å²) in [5.74, 6) is -0.548. The Morgan fingerprint density at radius 1 is 0.897 bits per heavy atom. The molecule has 3 aliphatic heterocycles. The predicted molar refractivity (Wildman–Crippen MR) is 208 cm³/mol. The minimum Gasteiger partial charge on any atom is -0.396 e. The Labute approximate surface area is 344 Å². The Kier molecular flexibility index (Phi) is 22.7. The van der Waals surface area contributed by atoms with Crippen LogP contribution in [0.3, 0.4) is 0 Å². The summed E-state index contributed by atoms with van der Waals surface area (Å²) in [4.78, 5) is 59.1. The second-order valence-electron chi connectivity index (χ2n) is 14.7. The highest BCUT2D eigenvalue weighted by molar-refractivity contribution is 8.00. The summed E-state index contributed by atoms with van der Waals surface area (Å²) < 4.78 is 66.4. The molecule has 3 saturated heterocycles. The van der Waals surface area contributed by atoms with E-state index in [1.54, 1.807) is 13.8 Å². The highest BCUT2D eigenvalue weighted by atomic mass is 32.2. The molecule has 3 heterocycles. The van der Waals surface area contributed by atoms with Crippen molar-refractivity contribution in [3.05, 3.63) is 0 Å². The lowest BCUT2D eigenvalue weighted by Gasteiger charge is -2.24. The average molecular weight is 895 g/mol. The zero-order valence-electron chi connectivity index (χ0n) is 33.8. The fourth-order valence-electron chi connectivity index (χ4n) is 6.76. The zero-order chi connectivity index (χ0) is 42.9. The lowest BCUT2D eigenvalue weighted by molar-refractivity contribution is -0.138. The largest absolute Gasteiger partial charge is 0.472 e. The van der Waals surface area contributed by atoms with Gasteiger partial charge >= 0.3 is 15.6 Å². The molecule has 3 rings (SSSR count). The first kappa shape index (κ1) is 51.3. The molecule has 12 atom stereocenters. The van der Waals surface area contributed by atoms with Gasteiger partial charge in [0.05, 0.1) is 43.9 Å². The molecule has 23 heteroatoms. The van der Waals surface area contributed by atoms with E-state index in [0.717, 1.165) is 19.3 Å². The number of amides is 3. The third-order valence-corrected chi connectivity index (χ3v) is 13.4. The van der Waals surface area contributed by atoms with Crippen LogP contribution >= 0.6 is 27.4 Å². The lowest BCUT2D eigenvalue weighted by atomic mass is 10.0. The van der Waals surface area contributed by atoms with E-state index in [1.807, 2.05) is 0 Å². The summed E-state index contributed by atoms with van der Waals surface area (Å²) >= 11 is 1.42. The number of nitrogens with zero attached hydrogens (tertiary/aromatic N) is 1. The number of phosphoric acid groups is 2. The van der Waals surface area contributed by atoms with Gasteiger partial charge in [-0.05, 0) is 51.7 Å². The van der Waals surface area contributed by atoms with Crippen molar-refractivity contribution in [3.8, 4) is 0 Å². The number of phosphoric ester groups is 2. The van der Waals surface area contributed by atoms with Gasteiger partial charge in [-0.1, -0.05) is 19.3 Å². The molecule has 3 fully saturated rings. The third kappa shape index (κ3) is 17.0. The molecular weight excluding hydrogens is 830 g/mol. The standard InChI is InChI=1S/C35H64N2O18P2S/c1-23-31(41)33(49-4)27(54-23)22-52-56(44,45)50-16-9-5-6-10-17-58-28-18-30(40)37(35(28)43)15-11-13-29(39)36-14-8-7-12-25(19-38)20-51-57(46,47)55-34-26(21-48-3)53-24(2)32(34)42/h23-28,31-34,38,41-42H,5-22H2,1-4H3,(H,36,39)(H,44,45)(H,46,47)/t23-,24-,25?,26+,27+,28?,31?,32+,33-,34?/m0/s1. The smallest absolute Gasteiger partial charge is 0.396 e. The Morgan fingerprint density at radius 3 is 2.24 bits per heavy atom. The topological polar surface area (TPSA) is 276 Å². The number of carbonyl (C=O) groups is 3. The summed E-state index contributed by atoms with van der Waals surface area (Å²) in [7, 11) is -6.06. The first-order valence-corrected chi connectivity index (χ1v) is 23.9. The molecule has 338 valence electrons. The van der Waals surface area contributed by atoms with Crippen LogP contribution in [0.5, 0.6) is 0 Å². The number of rotatable bonds is 30. The molecule has 6 unspecified atom stereocenters. The number of carbonyl (C=O) groups excluding carboxylic acids is 3. The van der Waals surface area contributed by atoms with Crippen molar-refractivity contribution in [2.45, 2.75) is 132 Å². The minimum atomic E-state index is -4.58.